The molecule has 1 fully saturated rings. The molecule has 6 nitrogen and oxygen atoms in total. The van der Waals surface area contributed by atoms with Crippen molar-refractivity contribution in [1.82, 2.24) is 4.90 Å². The summed E-state index contributed by atoms with van der Waals surface area (Å²) in [5.41, 5.74) is 1.06. The van der Waals surface area contributed by atoms with Crippen LogP contribution in [0.5, 0.6) is 0 Å². The molecule has 2 aliphatic heterocycles. The average molecular weight is 387 g/mol. The molecule has 1 N–H and O–H groups in total. The smallest absolute Gasteiger partial charge is 0.290 e. The monoisotopic (exact) mass is 387 g/mol. The maximum atomic E-state index is 13.1. The highest BCUT2D eigenvalue weighted by Crippen LogP contribution is 2.42. The van der Waals surface area contributed by atoms with Gasteiger partial charge in [0.25, 0.3) is 5.91 Å². The van der Waals surface area contributed by atoms with Crippen LogP contribution in [-0.4, -0.2) is 41.0 Å². The quantitative estimate of drug-likeness (QED) is 0.791. The zero-order valence-electron chi connectivity index (χ0n) is 15.2. The Balaban J connectivity index is 1.76. The number of carbonyl (C=O) groups excluding carboxylic acids is 2. The van der Waals surface area contributed by atoms with Crippen LogP contribution in [0.3, 0.4) is 0 Å². The minimum absolute atomic E-state index is 0.0789. The van der Waals surface area contributed by atoms with Gasteiger partial charge in [-0.3, -0.25) is 9.59 Å². The van der Waals surface area contributed by atoms with Gasteiger partial charge in [-0.05, 0) is 55.8 Å². The molecule has 2 atom stereocenters. The molecule has 4 heterocycles. The molecule has 1 amide bonds. The zero-order chi connectivity index (χ0) is 19.1. The summed E-state index contributed by atoms with van der Waals surface area (Å²) in [6.45, 7) is 4.70. The Morgan fingerprint density at radius 1 is 1.33 bits per heavy atom. The first-order valence-electron chi connectivity index (χ1n) is 8.98. The van der Waals surface area contributed by atoms with E-state index in [1.165, 1.54) is 11.3 Å². The minimum atomic E-state index is -0.625. The third kappa shape index (κ3) is 3.11. The number of rotatable bonds is 5. The van der Waals surface area contributed by atoms with Crippen molar-refractivity contribution in [3.8, 4) is 0 Å². The van der Waals surface area contributed by atoms with Gasteiger partial charge in [-0.25, -0.2) is 0 Å². The molecular weight excluding hydrogens is 366 g/mol. The second-order valence-corrected chi connectivity index (χ2v) is 7.91. The van der Waals surface area contributed by atoms with Gasteiger partial charge in [0.2, 0.25) is 5.78 Å². The lowest BCUT2D eigenvalue weighted by molar-refractivity contribution is -0.130. The molecule has 0 saturated carbocycles. The molecule has 2 unspecified atom stereocenters. The Morgan fingerprint density at radius 2 is 2.15 bits per heavy atom. The highest BCUT2D eigenvalue weighted by molar-refractivity contribution is 7.10. The third-order valence-electron chi connectivity index (χ3n) is 5.09. The summed E-state index contributed by atoms with van der Waals surface area (Å²) >= 11 is 1.47. The second kappa shape index (κ2) is 6.98. The molecule has 0 spiro atoms. The Bertz CT molecular complexity index is 918. The largest absolute Gasteiger partial charge is 0.503 e. The van der Waals surface area contributed by atoms with Gasteiger partial charge in [0.1, 0.15) is 11.8 Å². The lowest BCUT2D eigenvalue weighted by atomic mass is 9.98. The molecular formula is C20H21NO5S. The third-order valence-corrected chi connectivity index (χ3v) is 6.16. The lowest BCUT2D eigenvalue weighted by Gasteiger charge is -2.28. The van der Waals surface area contributed by atoms with Crippen LogP contribution in [0, 0.1) is 13.8 Å². The van der Waals surface area contributed by atoms with E-state index in [0.717, 1.165) is 23.3 Å². The van der Waals surface area contributed by atoms with E-state index in [-0.39, 0.29) is 17.4 Å². The van der Waals surface area contributed by atoms with Crippen LogP contribution in [0.15, 0.2) is 39.3 Å². The van der Waals surface area contributed by atoms with E-state index in [2.05, 4.69) is 0 Å². The number of aryl methyl sites for hydroxylation is 2. The van der Waals surface area contributed by atoms with E-state index in [9.17, 15) is 14.7 Å². The van der Waals surface area contributed by atoms with Gasteiger partial charge in [0.05, 0.1) is 11.7 Å². The topological polar surface area (TPSA) is 80.0 Å². The van der Waals surface area contributed by atoms with Crippen molar-refractivity contribution in [1.29, 1.82) is 0 Å². The number of ether oxygens (including phenoxy) is 1. The fraction of sp³-hybridized carbons (Fsp3) is 0.400. The number of hydrogen-bond donors (Lipinski definition) is 1. The fourth-order valence-corrected chi connectivity index (χ4v) is 4.75. The van der Waals surface area contributed by atoms with E-state index < -0.39 is 23.5 Å². The summed E-state index contributed by atoms with van der Waals surface area (Å²) in [6, 6.07) is 4.59. The SMILES string of the molecule is Cc1ccc(C(=O)C2=C(O)C(=O)N(CC3CCCO3)C2c2sccc2C)o1. The zero-order valence-corrected chi connectivity index (χ0v) is 16.0. The molecule has 0 aromatic carbocycles. The predicted octanol–water partition coefficient (Wildman–Crippen LogP) is 3.72. The van der Waals surface area contributed by atoms with Gasteiger partial charge in [-0.1, -0.05) is 0 Å². The number of thiophene rings is 1. The summed E-state index contributed by atoms with van der Waals surface area (Å²) < 4.78 is 11.1. The van der Waals surface area contributed by atoms with Crippen molar-refractivity contribution in [2.75, 3.05) is 13.2 Å². The van der Waals surface area contributed by atoms with Gasteiger partial charge in [-0.15, -0.1) is 11.3 Å². The number of furan rings is 1. The van der Waals surface area contributed by atoms with Crippen LogP contribution in [0.4, 0.5) is 0 Å². The van der Waals surface area contributed by atoms with Crippen molar-refractivity contribution in [3.63, 3.8) is 0 Å². The van der Waals surface area contributed by atoms with E-state index in [4.69, 9.17) is 9.15 Å². The molecule has 4 rings (SSSR count). The first-order valence-corrected chi connectivity index (χ1v) is 9.86. The van der Waals surface area contributed by atoms with E-state index >= 15 is 0 Å². The number of nitrogens with zero attached hydrogens (tertiary/aromatic N) is 1. The normalized spacial score (nSPS) is 22.9. The van der Waals surface area contributed by atoms with Crippen LogP contribution >= 0.6 is 11.3 Å². The molecule has 7 heteroatoms. The lowest BCUT2D eigenvalue weighted by Crippen LogP contribution is -2.37. The number of aliphatic hydroxyl groups excluding tert-OH is 1. The van der Waals surface area contributed by atoms with Gasteiger partial charge in [0.15, 0.2) is 11.5 Å². The number of hydrogen-bond acceptors (Lipinski definition) is 6. The first kappa shape index (κ1) is 18.0. The van der Waals surface area contributed by atoms with E-state index in [1.807, 2.05) is 18.4 Å². The Morgan fingerprint density at radius 3 is 2.74 bits per heavy atom. The number of aliphatic hydroxyl groups is 1. The Kier molecular flexibility index (Phi) is 4.65. The Hall–Kier alpha value is -2.38. The number of amides is 1. The van der Waals surface area contributed by atoms with Crippen molar-refractivity contribution < 1.29 is 23.8 Å². The van der Waals surface area contributed by atoms with Crippen LogP contribution in [-0.2, 0) is 9.53 Å². The molecule has 0 radical (unpaired) electrons. The second-order valence-electron chi connectivity index (χ2n) is 6.96. The molecule has 142 valence electrons. The van der Waals surface area contributed by atoms with Gasteiger partial charge in [0, 0.05) is 18.0 Å². The fourth-order valence-electron chi connectivity index (χ4n) is 3.71. The number of carbonyl (C=O) groups is 2. The molecule has 0 aliphatic carbocycles. The minimum Gasteiger partial charge on any atom is -0.503 e. The molecule has 0 bridgehead atoms. The number of Topliss-reactive ketones (excluding diaryl/α,β-unsaturated/α-hetero) is 1. The highest BCUT2D eigenvalue weighted by atomic mass is 32.1. The first-order chi connectivity index (χ1) is 13.0. The molecule has 2 aromatic rings. The van der Waals surface area contributed by atoms with Crippen LogP contribution in [0.1, 0.15) is 45.6 Å². The summed E-state index contributed by atoms with van der Waals surface area (Å²) in [5, 5.41) is 12.5. The van der Waals surface area contributed by atoms with Crippen molar-refractivity contribution >= 4 is 23.0 Å². The maximum absolute atomic E-state index is 13.1. The van der Waals surface area contributed by atoms with Crippen molar-refractivity contribution in [2.45, 2.75) is 38.8 Å². The van der Waals surface area contributed by atoms with Crippen LogP contribution < -0.4 is 0 Å². The van der Waals surface area contributed by atoms with Crippen LogP contribution in [0.2, 0.25) is 0 Å². The van der Waals surface area contributed by atoms with E-state index in [1.54, 1.807) is 24.0 Å². The van der Waals surface area contributed by atoms with Crippen LogP contribution in [0.25, 0.3) is 0 Å². The molecule has 2 aliphatic rings. The molecule has 27 heavy (non-hydrogen) atoms. The molecule has 2 aromatic heterocycles. The highest BCUT2D eigenvalue weighted by Gasteiger charge is 2.46. The Labute approximate surface area is 161 Å². The van der Waals surface area contributed by atoms with Crippen molar-refractivity contribution in [2.24, 2.45) is 0 Å². The standard InChI is InChI=1S/C20H21NO5S/c1-11-7-9-27-19(11)16-15(17(22)14-6-5-12(2)26-14)18(23)20(24)21(16)10-13-4-3-8-25-13/h5-7,9,13,16,23H,3-4,8,10H2,1-2H3. The predicted molar refractivity (Wildman–Crippen MR) is 99.9 cm³/mol. The van der Waals surface area contributed by atoms with Gasteiger partial charge >= 0.3 is 0 Å². The molecule has 1 saturated heterocycles. The van der Waals surface area contributed by atoms with Crippen molar-refractivity contribution in [3.05, 3.63) is 56.9 Å². The number of ketones is 1. The van der Waals surface area contributed by atoms with Gasteiger partial charge < -0.3 is 19.2 Å². The summed E-state index contributed by atoms with van der Waals surface area (Å²) in [5.74, 6) is -0.760. The maximum Gasteiger partial charge on any atom is 0.290 e. The van der Waals surface area contributed by atoms with E-state index in [0.29, 0.717) is 18.9 Å². The summed E-state index contributed by atoms with van der Waals surface area (Å²) in [4.78, 5) is 28.4. The summed E-state index contributed by atoms with van der Waals surface area (Å²) in [6.07, 6.45) is 1.73. The van der Waals surface area contributed by atoms with Gasteiger partial charge in [-0.2, -0.15) is 0 Å². The summed E-state index contributed by atoms with van der Waals surface area (Å²) in [7, 11) is 0. The average Bonchev–Trinajstić information content (AvgIpc) is 3.41.